The van der Waals surface area contributed by atoms with E-state index in [1.165, 1.54) is 23.1 Å². The molecule has 0 spiro atoms. The predicted molar refractivity (Wildman–Crippen MR) is 154 cm³/mol. The molecule has 11 heteroatoms. The number of halogens is 2. The zero-order valence-corrected chi connectivity index (χ0v) is 23.5. The lowest BCUT2D eigenvalue weighted by Crippen LogP contribution is -2.20. The molecule has 0 radical (unpaired) electrons. The van der Waals surface area contributed by atoms with Crippen molar-refractivity contribution in [3.05, 3.63) is 91.7 Å². The number of hydrogen-bond donors (Lipinski definition) is 3. The zero-order chi connectivity index (χ0) is 26.4. The van der Waals surface area contributed by atoms with Gasteiger partial charge in [-0.25, -0.2) is 10.4 Å². The maximum Gasteiger partial charge on any atom is 0.271 e. The number of amides is 2. The van der Waals surface area contributed by atoms with Gasteiger partial charge in [-0.2, -0.15) is 5.10 Å². The third kappa shape index (κ3) is 7.25. The van der Waals surface area contributed by atoms with Gasteiger partial charge in [-0.15, -0.1) is 11.3 Å². The van der Waals surface area contributed by atoms with E-state index in [2.05, 4.69) is 52.7 Å². The van der Waals surface area contributed by atoms with Crippen LogP contribution in [0.1, 0.15) is 21.5 Å². The monoisotopic (exact) mass is 641 g/mol. The molecular formula is C26H21Br2N5O3S. The van der Waals surface area contributed by atoms with E-state index in [0.29, 0.717) is 25.8 Å². The van der Waals surface area contributed by atoms with Gasteiger partial charge in [0.1, 0.15) is 5.75 Å². The molecule has 0 aliphatic rings. The number of thiazole rings is 1. The number of benzene rings is 3. The Bertz CT molecular complexity index is 1430. The first-order valence-corrected chi connectivity index (χ1v) is 13.4. The van der Waals surface area contributed by atoms with Gasteiger partial charge in [-0.3, -0.25) is 9.59 Å². The van der Waals surface area contributed by atoms with Gasteiger partial charge >= 0.3 is 0 Å². The molecule has 1 aromatic heterocycles. The fraction of sp³-hybridized carbons (Fsp3) is 0.0769. The number of aryl methyl sites for hydroxylation is 1. The normalized spacial score (nSPS) is 10.9. The first-order valence-electron chi connectivity index (χ1n) is 10.9. The van der Waals surface area contributed by atoms with Crippen molar-refractivity contribution in [3.8, 4) is 17.0 Å². The minimum Gasteiger partial charge on any atom is -0.481 e. The van der Waals surface area contributed by atoms with Crippen LogP contribution in [0.4, 0.5) is 10.8 Å². The van der Waals surface area contributed by atoms with Gasteiger partial charge in [-0.1, -0.05) is 29.8 Å². The number of hydrazone groups is 1. The summed E-state index contributed by atoms with van der Waals surface area (Å²) in [4.78, 5) is 28.1. The number of carbonyl (C=O) groups excluding carboxylic acids is 2. The number of ether oxygens (including phenoxy) is 1. The molecule has 8 nitrogen and oxygen atoms in total. The molecule has 0 bridgehead atoms. The number of rotatable bonds is 9. The SMILES string of the molecule is Cc1ccc(Nc2nc(-c3ccc(C(=O)N/N=C/c4cc(Br)c(OCC(N)=O)c(Br)c4)cc3)cs2)cc1. The van der Waals surface area contributed by atoms with Crippen LogP contribution in [0, 0.1) is 6.92 Å². The minimum atomic E-state index is -0.577. The van der Waals surface area contributed by atoms with Gasteiger partial charge in [0.15, 0.2) is 11.7 Å². The molecule has 0 saturated heterocycles. The highest BCUT2D eigenvalue weighted by Crippen LogP contribution is 2.34. The Morgan fingerprint density at radius 2 is 1.76 bits per heavy atom. The van der Waals surface area contributed by atoms with E-state index in [1.54, 1.807) is 24.3 Å². The highest BCUT2D eigenvalue weighted by Gasteiger charge is 2.11. The van der Waals surface area contributed by atoms with Gasteiger partial charge in [0.25, 0.3) is 11.8 Å². The average Bonchev–Trinajstić information content (AvgIpc) is 3.33. The van der Waals surface area contributed by atoms with Crippen LogP contribution in [-0.4, -0.2) is 29.6 Å². The first-order chi connectivity index (χ1) is 17.8. The maximum absolute atomic E-state index is 12.5. The van der Waals surface area contributed by atoms with Gasteiger partial charge in [0, 0.05) is 22.2 Å². The standard InChI is InChI=1S/C26H21Br2N5O3S/c1-15-2-8-19(9-3-15)31-26-32-22(14-37-26)17-4-6-18(7-5-17)25(35)33-30-12-16-10-20(27)24(21(28)11-16)36-13-23(29)34/h2-12,14H,13H2,1H3,(H2,29,34)(H,31,32)(H,33,35)/b30-12+. The summed E-state index contributed by atoms with van der Waals surface area (Å²) in [6.07, 6.45) is 1.50. The number of nitrogens with one attached hydrogen (secondary N) is 2. The Hall–Kier alpha value is -3.54. The number of anilines is 2. The summed E-state index contributed by atoms with van der Waals surface area (Å²) >= 11 is 8.29. The molecule has 0 atom stereocenters. The molecule has 0 aliphatic carbocycles. The Kier molecular flexibility index (Phi) is 8.70. The molecule has 1 heterocycles. The van der Waals surface area contributed by atoms with Gasteiger partial charge in [0.05, 0.1) is 20.9 Å². The molecule has 4 aromatic rings. The Balaban J connectivity index is 1.35. The van der Waals surface area contributed by atoms with E-state index in [-0.39, 0.29) is 12.5 Å². The second-order valence-corrected chi connectivity index (χ2v) is 10.4. The van der Waals surface area contributed by atoms with Crippen LogP contribution < -0.4 is 21.2 Å². The summed E-state index contributed by atoms with van der Waals surface area (Å²) in [6, 6.07) is 18.7. The Labute approximate surface area is 234 Å². The van der Waals surface area contributed by atoms with Crippen LogP contribution in [0.5, 0.6) is 5.75 Å². The van der Waals surface area contributed by atoms with Crippen molar-refractivity contribution in [2.75, 3.05) is 11.9 Å². The van der Waals surface area contributed by atoms with E-state index in [9.17, 15) is 9.59 Å². The van der Waals surface area contributed by atoms with Crippen molar-refractivity contribution in [2.45, 2.75) is 6.92 Å². The van der Waals surface area contributed by atoms with Crippen LogP contribution in [0.25, 0.3) is 11.3 Å². The molecule has 188 valence electrons. The molecule has 37 heavy (non-hydrogen) atoms. The van der Waals surface area contributed by atoms with E-state index in [0.717, 1.165) is 22.1 Å². The highest BCUT2D eigenvalue weighted by atomic mass is 79.9. The van der Waals surface area contributed by atoms with E-state index >= 15 is 0 Å². The first kappa shape index (κ1) is 26.5. The molecule has 2 amide bonds. The summed E-state index contributed by atoms with van der Waals surface area (Å²) in [6.45, 7) is 1.80. The van der Waals surface area contributed by atoms with Gasteiger partial charge in [0.2, 0.25) is 0 Å². The van der Waals surface area contributed by atoms with Crippen LogP contribution in [0.3, 0.4) is 0 Å². The summed E-state index contributed by atoms with van der Waals surface area (Å²) in [5, 5.41) is 10.1. The molecule has 0 saturated carbocycles. The third-order valence-corrected chi connectivity index (χ3v) is 6.94. The smallest absolute Gasteiger partial charge is 0.271 e. The fourth-order valence-corrected chi connectivity index (χ4v) is 5.37. The van der Waals surface area contributed by atoms with Crippen LogP contribution in [0.2, 0.25) is 0 Å². The summed E-state index contributed by atoms with van der Waals surface area (Å²) < 4.78 is 6.57. The van der Waals surface area contributed by atoms with Crippen molar-refractivity contribution in [2.24, 2.45) is 10.8 Å². The summed E-state index contributed by atoms with van der Waals surface area (Å²) in [5.74, 6) is -0.479. The molecule has 0 unspecified atom stereocenters. The van der Waals surface area contributed by atoms with Crippen LogP contribution in [-0.2, 0) is 4.79 Å². The lowest BCUT2D eigenvalue weighted by Gasteiger charge is -2.09. The highest BCUT2D eigenvalue weighted by molar-refractivity contribution is 9.11. The quantitative estimate of drug-likeness (QED) is 0.153. The minimum absolute atomic E-state index is 0.243. The molecule has 0 aliphatic heterocycles. The van der Waals surface area contributed by atoms with Gasteiger partial charge < -0.3 is 15.8 Å². The number of nitrogens with two attached hydrogens (primary N) is 1. The summed E-state index contributed by atoms with van der Waals surface area (Å²) in [5.41, 5.74) is 12.7. The molecule has 0 fully saturated rings. The topological polar surface area (TPSA) is 119 Å². The van der Waals surface area contributed by atoms with Crippen molar-refractivity contribution in [3.63, 3.8) is 0 Å². The number of nitrogens with zero attached hydrogens (tertiary/aromatic N) is 2. The lowest BCUT2D eigenvalue weighted by atomic mass is 10.1. The Morgan fingerprint density at radius 3 is 2.41 bits per heavy atom. The van der Waals surface area contributed by atoms with Crippen molar-refractivity contribution >= 4 is 72.0 Å². The van der Waals surface area contributed by atoms with Crippen molar-refractivity contribution < 1.29 is 14.3 Å². The number of hydrogen-bond acceptors (Lipinski definition) is 7. The molecular weight excluding hydrogens is 622 g/mol. The molecule has 4 N–H and O–H groups in total. The summed E-state index contributed by atoms with van der Waals surface area (Å²) in [7, 11) is 0. The van der Waals surface area contributed by atoms with E-state index < -0.39 is 5.91 Å². The molecule has 3 aromatic carbocycles. The van der Waals surface area contributed by atoms with Gasteiger partial charge in [-0.05, 0) is 80.7 Å². The van der Waals surface area contributed by atoms with Crippen LogP contribution >= 0.6 is 43.2 Å². The third-order valence-electron chi connectivity index (χ3n) is 5.01. The fourth-order valence-electron chi connectivity index (χ4n) is 3.18. The number of primary amides is 1. The second kappa shape index (κ2) is 12.1. The molecule has 4 rings (SSSR count). The van der Waals surface area contributed by atoms with Crippen LogP contribution in [0.15, 0.2) is 80.1 Å². The predicted octanol–water partition coefficient (Wildman–Crippen LogP) is 6.02. The maximum atomic E-state index is 12.5. The average molecular weight is 643 g/mol. The number of carbonyl (C=O) groups is 2. The number of aromatic nitrogens is 1. The zero-order valence-electron chi connectivity index (χ0n) is 19.5. The van der Waals surface area contributed by atoms with Crippen molar-refractivity contribution in [1.82, 2.24) is 10.4 Å². The van der Waals surface area contributed by atoms with Crippen molar-refractivity contribution in [1.29, 1.82) is 0 Å². The Morgan fingerprint density at radius 1 is 1.08 bits per heavy atom. The lowest BCUT2D eigenvalue weighted by molar-refractivity contribution is -0.119. The van der Waals surface area contributed by atoms with E-state index in [1.807, 2.05) is 48.7 Å². The largest absolute Gasteiger partial charge is 0.481 e. The second-order valence-electron chi connectivity index (χ2n) is 7.87. The van der Waals surface area contributed by atoms with E-state index in [4.69, 9.17) is 10.5 Å².